The Bertz CT molecular complexity index is 2280. The fourth-order valence-electron chi connectivity index (χ4n) is 10.00. The van der Waals surface area contributed by atoms with Crippen LogP contribution in [0.2, 0.25) is 5.02 Å². The fourth-order valence-corrected chi connectivity index (χ4v) is 10.2. The molecule has 3 aromatic rings. The summed E-state index contributed by atoms with van der Waals surface area (Å²) in [4.78, 5) is 80.3. The van der Waals surface area contributed by atoms with Gasteiger partial charge in [-0.15, -0.1) is 0 Å². The average Bonchev–Trinajstić information content (AvgIpc) is 3.48. The number of nitriles is 1. The lowest BCUT2D eigenvalue weighted by Crippen LogP contribution is -2.74. The third kappa shape index (κ3) is 7.42. The second kappa shape index (κ2) is 15.7. The van der Waals surface area contributed by atoms with E-state index in [9.17, 15) is 29.2 Å². The maximum absolute atomic E-state index is 15.4. The van der Waals surface area contributed by atoms with Crippen LogP contribution in [0.1, 0.15) is 90.0 Å². The van der Waals surface area contributed by atoms with E-state index in [1.165, 1.54) is 12.1 Å². The minimum absolute atomic E-state index is 0.00486. The molecule has 1 atom stereocenters. The van der Waals surface area contributed by atoms with E-state index < -0.39 is 46.3 Å². The molecular formula is C43H47ClFN9O6. The van der Waals surface area contributed by atoms with Gasteiger partial charge < -0.3 is 19.9 Å². The van der Waals surface area contributed by atoms with Gasteiger partial charge in [-0.25, -0.2) is 14.4 Å². The highest BCUT2D eigenvalue weighted by molar-refractivity contribution is 6.31. The van der Waals surface area contributed by atoms with E-state index in [1.807, 2.05) is 4.90 Å². The van der Waals surface area contributed by atoms with Crippen LogP contribution in [0.3, 0.4) is 0 Å². The van der Waals surface area contributed by atoms with Crippen molar-refractivity contribution in [3.63, 3.8) is 0 Å². The molecule has 1 saturated carbocycles. The minimum Gasteiger partial charge on any atom is -0.489 e. The molecule has 1 aliphatic carbocycles. The van der Waals surface area contributed by atoms with Gasteiger partial charge in [0, 0.05) is 93.3 Å². The first-order chi connectivity index (χ1) is 28.6. The van der Waals surface area contributed by atoms with Crippen LogP contribution in [0.25, 0.3) is 0 Å². The van der Waals surface area contributed by atoms with Gasteiger partial charge in [0.1, 0.15) is 29.8 Å². The number of fused-ring (bicyclic) bond motifs is 1. The maximum atomic E-state index is 15.4. The molecule has 3 saturated heterocycles. The van der Waals surface area contributed by atoms with Crippen molar-refractivity contribution < 1.29 is 33.1 Å². The fraction of sp³-hybridized carbons (Fsp3) is 0.488. The molecule has 15 nitrogen and oxygen atoms in total. The molecule has 4 fully saturated rings. The van der Waals surface area contributed by atoms with Crippen molar-refractivity contribution in [1.82, 2.24) is 30.4 Å². The number of amides is 5. The predicted molar refractivity (Wildman–Crippen MR) is 218 cm³/mol. The Morgan fingerprint density at radius 2 is 1.63 bits per heavy atom. The number of nitrogens with one attached hydrogen (secondary N) is 2. The number of piperazine rings is 1. The van der Waals surface area contributed by atoms with Crippen molar-refractivity contribution in [3.8, 4) is 11.8 Å². The number of hydrogen-bond donors (Lipinski definition) is 2. The van der Waals surface area contributed by atoms with Crippen molar-refractivity contribution >= 4 is 52.8 Å². The normalized spacial score (nSPS) is 24.1. The Labute approximate surface area is 352 Å². The summed E-state index contributed by atoms with van der Waals surface area (Å²) in [6.07, 6.45) is 4.82. The molecule has 5 aliphatic rings. The van der Waals surface area contributed by atoms with E-state index in [1.54, 1.807) is 30.6 Å². The first kappa shape index (κ1) is 41.1. The van der Waals surface area contributed by atoms with Crippen LogP contribution in [0, 0.1) is 33.9 Å². The molecule has 0 bridgehead atoms. The predicted octanol–water partition coefficient (Wildman–Crippen LogP) is 4.19. The lowest BCUT2D eigenvalue weighted by Gasteiger charge is -2.63. The van der Waals surface area contributed by atoms with E-state index in [0.717, 1.165) is 50.5 Å². The average molecular weight is 840 g/mol. The first-order valence-electron chi connectivity index (χ1n) is 20.3. The van der Waals surface area contributed by atoms with Crippen molar-refractivity contribution in [2.24, 2.45) is 16.7 Å². The number of rotatable bonds is 9. The molecule has 314 valence electrons. The Kier molecular flexibility index (Phi) is 10.8. The minimum atomic E-state index is -1.15. The van der Waals surface area contributed by atoms with Gasteiger partial charge in [0.25, 0.3) is 17.7 Å². The van der Waals surface area contributed by atoms with Gasteiger partial charge in [0.15, 0.2) is 0 Å². The lowest BCUT2D eigenvalue weighted by atomic mass is 9.49. The molecule has 1 aromatic heterocycles. The lowest BCUT2D eigenvalue weighted by molar-refractivity contribution is -0.164. The van der Waals surface area contributed by atoms with Crippen LogP contribution in [-0.2, 0) is 9.59 Å². The summed E-state index contributed by atoms with van der Waals surface area (Å²) < 4.78 is 21.7. The zero-order valence-electron chi connectivity index (χ0n) is 34.0. The van der Waals surface area contributed by atoms with Crippen molar-refractivity contribution in [1.29, 1.82) is 5.26 Å². The third-order valence-electron chi connectivity index (χ3n) is 13.0. The number of nitrogens with zero attached hydrogens (tertiary/aromatic N) is 7. The Morgan fingerprint density at radius 3 is 2.27 bits per heavy atom. The quantitative estimate of drug-likeness (QED) is 0.294. The molecule has 8 rings (SSSR count). The molecule has 17 heteroatoms. The van der Waals surface area contributed by atoms with Gasteiger partial charge in [0.2, 0.25) is 17.8 Å². The molecule has 4 aliphatic heterocycles. The molecule has 2 aromatic carbocycles. The summed E-state index contributed by atoms with van der Waals surface area (Å²) in [6, 6.07) is 8.54. The van der Waals surface area contributed by atoms with E-state index >= 15 is 4.39 Å². The number of piperidine rings is 2. The SMILES string of the molecule is CC1(C)[C@H](NC(=O)c2cnc(N3CCC(CN4CCN(c5cc(F)c6c(c5)C(=O)N(C5CCC(=O)NC5=O)C6=O)CC4)CC3)nc2)C(C)(C)[C@H]1Oc1ccc(C#N)c(Cl)c1. The summed E-state index contributed by atoms with van der Waals surface area (Å²) in [5.74, 6) is -2.24. The topological polar surface area (TPSA) is 181 Å². The summed E-state index contributed by atoms with van der Waals surface area (Å²) in [6.45, 7) is 13.4. The van der Waals surface area contributed by atoms with Gasteiger partial charge >= 0.3 is 0 Å². The van der Waals surface area contributed by atoms with E-state index in [0.29, 0.717) is 52.5 Å². The second-order valence-electron chi connectivity index (χ2n) is 17.6. The van der Waals surface area contributed by atoms with Gasteiger partial charge in [0.05, 0.1) is 27.3 Å². The summed E-state index contributed by atoms with van der Waals surface area (Å²) >= 11 is 6.24. The monoisotopic (exact) mass is 839 g/mol. The van der Waals surface area contributed by atoms with Crippen LogP contribution < -0.4 is 25.2 Å². The number of hydrogen-bond acceptors (Lipinski definition) is 12. The van der Waals surface area contributed by atoms with Crippen LogP contribution >= 0.6 is 11.6 Å². The number of benzene rings is 2. The molecule has 5 heterocycles. The summed E-state index contributed by atoms with van der Waals surface area (Å²) in [5, 5.41) is 14.9. The van der Waals surface area contributed by atoms with E-state index in [4.69, 9.17) is 16.3 Å². The number of ether oxygens (including phenoxy) is 1. The van der Waals surface area contributed by atoms with E-state index in [-0.39, 0.29) is 42.0 Å². The third-order valence-corrected chi connectivity index (χ3v) is 13.3. The highest BCUT2D eigenvalue weighted by Crippen LogP contribution is 2.55. The summed E-state index contributed by atoms with van der Waals surface area (Å²) in [5.41, 5.74) is 0.0479. The molecule has 5 amide bonds. The van der Waals surface area contributed by atoms with E-state index in [2.05, 4.69) is 64.2 Å². The first-order valence-corrected chi connectivity index (χ1v) is 20.7. The standard InChI is InChI=1S/C43H47ClFN9O6/c1-42(2)39(43(3,4)40(42)60-28-6-5-25(20-46)30(44)19-28)50-35(56)26-21-47-41(48-22-26)53-11-9-24(10-12-53)23-51-13-15-52(16-14-51)27-17-29-34(31(45)18-27)38(59)54(37(29)58)32-7-8-33(55)49-36(32)57/h5-6,17-19,21-22,24,32,39-40H,7-16,23H2,1-4H3,(H,50,56)(H,49,55,57)/t32?,39-,40-. The number of anilines is 2. The molecular weight excluding hydrogens is 793 g/mol. The smallest absolute Gasteiger partial charge is 0.265 e. The Hall–Kier alpha value is -5.66. The van der Waals surface area contributed by atoms with Crippen LogP contribution in [0.15, 0.2) is 42.7 Å². The maximum Gasteiger partial charge on any atom is 0.265 e. The molecule has 1 unspecified atom stereocenters. The highest BCUT2D eigenvalue weighted by Gasteiger charge is 2.64. The zero-order valence-corrected chi connectivity index (χ0v) is 34.7. The van der Waals surface area contributed by atoms with Crippen molar-refractivity contribution in [3.05, 3.63) is 75.8 Å². The number of carbonyl (C=O) groups is 5. The Balaban J connectivity index is 0.799. The largest absolute Gasteiger partial charge is 0.489 e. The van der Waals surface area contributed by atoms with Gasteiger partial charge in [-0.05, 0) is 49.4 Å². The van der Waals surface area contributed by atoms with Crippen LogP contribution in [0.4, 0.5) is 16.0 Å². The van der Waals surface area contributed by atoms with Gasteiger partial charge in [-0.1, -0.05) is 39.3 Å². The number of imide groups is 2. The molecule has 2 N–H and O–H groups in total. The van der Waals surface area contributed by atoms with Gasteiger partial charge in [-0.3, -0.25) is 39.1 Å². The highest BCUT2D eigenvalue weighted by atomic mass is 35.5. The zero-order chi connectivity index (χ0) is 42.7. The van der Waals surface area contributed by atoms with Crippen molar-refractivity contribution in [2.75, 3.05) is 55.6 Å². The number of aromatic nitrogens is 2. The second-order valence-corrected chi connectivity index (χ2v) is 18.0. The Morgan fingerprint density at radius 1 is 0.950 bits per heavy atom. The van der Waals surface area contributed by atoms with Gasteiger partial charge in [-0.2, -0.15) is 5.26 Å². The van der Waals surface area contributed by atoms with Crippen LogP contribution in [0.5, 0.6) is 5.75 Å². The molecule has 0 radical (unpaired) electrons. The van der Waals surface area contributed by atoms with Crippen LogP contribution in [-0.4, -0.2) is 113 Å². The number of halogens is 2. The number of carbonyl (C=O) groups excluding carboxylic acids is 5. The van der Waals surface area contributed by atoms with Crippen molar-refractivity contribution in [2.45, 2.75) is 71.6 Å². The molecule has 60 heavy (non-hydrogen) atoms. The summed E-state index contributed by atoms with van der Waals surface area (Å²) in [7, 11) is 0. The molecule has 0 spiro atoms.